The van der Waals surface area contributed by atoms with Gasteiger partial charge in [-0.25, -0.2) is 0 Å². The molecule has 0 aromatic carbocycles. The molecule has 120 valence electrons. The first kappa shape index (κ1) is 19.5. The average Bonchev–Trinajstić information content (AvgIpc) is 2.08. The van der Waals surface area contributed by atoms with Crippen LogP contribution < -0.4 is 0 Å². The molecule has 0 N–H and O–H groups in total. The summed E-state index contributed by atoms with van der Waals surface area (Å²) in [6, 6.07) is 1.04. The highest BCUT2D eigenvalue weighted by Crippen LogP contribution is 2.33. The minimum Gasteiger partial charge on any atom is -0.416 e. The van der Waals surface area contributed by atoms with E-state index in [-0.39, 0.29) is 0 Å². The highest BCUT2D eigenvalue weighted by Gasteiger charge is 2.51. The fourth-order valence-corrected chi connectivity index (χ4v) is 25.2. The van der Waals surface area contributed by atoms with Gasteiger partial charge in [-0.1, -0.05) is 29.0 Å². The molecule has 1 fully saturated rings. The molecule has 0 unspecified atom stereocenters. The van der Waals surface area contributed by atoms with Crippen LogP contribution in [0.2, 0.25) is 51.9 Å². The standard InChI is InChI=1S/C11H29IO4Si4/c1-17(2)13-18(3,4)15-20(7,11-9-8-10-12)16-19(5,6)14-17/h8-11H2,1-7H3. The highest BCUT2D eigenvalue weighted by atomic mass is 127. The van der Waals surface area contributed by atoms with Crippen molar-refractivity contribution in [1.29, 1.82) is 0 Å². The van der Waals surface area contributed by atoms with Crippen LogP contribution in [-0.4, -0.2) is 38.7 Å². The van der Waals surface area contributed by atoms with E-state index in [1.54, 1.807) is 0 Å². The van der Waals surface area contributed by atoms with Crippen molar-refractivity contribution in [2.75, 3.05) is 4.43 Å². The van der Waals surface area contributed by atoms with E-state index in [9.17, 15) is 0 Å². The normalized spacial score (nSPS) is 27.6. The number of hydrogen-bond acceptors (Lipinski definition) is 4. The van der Waals surface area contributed by atoms with Gasteiger partial charge in [0.25, 0.3) is 0 Å². The van der Waals surface area contributed by atoms with Gasteiger partial charge in [0.15, 0.2) is 0 Å². The molecule has 0 radical (unpaired) electrons. The molecule has 0 bridgehead atoms. The minimum atomic E-state index is -2.20. The van der Waals surface area contributed by atoms with E-state index < -0.39 is 34.2 Å². The summed E-state index contributed by atoms with van der Waals surface area (Å²) < 4.78 is 26.8. The van der Waals surface area contributed by atoms with Gasteiger partial charge in [0.1, 0.15) is 0 Å². The van der Waals surface area contributed by atoms with Gasteiger partial charge in [-0.2, -0.15) is 0 Å². The monoisotopic (exact) mass is 464 g/mol. The summed E-state index contributed by atoms with van der Waals surface area (Å²) in [7, 11) is -8.69. The lowest BCUT2D eigenvalue weighted by Gasteiger charge is -2.47. The van der Waals surface area contributed by atoms with E-state index in [1.807, 2.05) is 0 Å². The lowest BCUT2D eigenvalue weighted by atomic mass is 10.4. The van der Waals surface area contributed by atoms with Crippen LogP contribution in [0.15, 0.2) is 0 Å². The van der Waals surface area contributed by atoms with E-state index in [0.29, 0.717) is 0 Å². The molecule has 0 aliphatic carbocycles. The summed E-state index contributed by atoms with van der Waals surface area (Å²) in [6.07, 6.45) is 2.39. The van der Waals surface area contributed by atoms with Crippen LogP contribution >= 0.6 is 22.6 Å². The van der Waals surface area contributed by atoms with E-state index >= 15 is 0 Å². The van der Waals surface area contributed by atoms with Crippen LogP contribution in [0.4, 0.5) is 0 Å². The summed E-state index contributed by atoms with van der Waals surface area (Å²) in [6.45, 7) is 14.9. The van der Waals surface area contributed by atoms with Gasteiger partial charge in [0.05, 0.1) is 0 Å². The molecule has 1 aliphatic rings. The highest BCUT2D eigenvalue weighted by molar-refractivity contribution is 14.1. The van der Waals surface area contributed by atoms with E-state index in [4.69, 9.17) is 16.5 Å². The van der Waals surface area contributed by atoms with Crippen molar-refractivity contribution < 1.29 is 16.5 Å². The van der Waals surface area contributed by atoms with Crippen LogP contribution in [0.5, 0.6) is 0 Å². The van der Waals surface area contributed by atoms with Crippen LogP contribution in [-0.2, 0) is 16.5 Å². The van der Waals surface area contributed by atoms with E-state index in [1.165, 1.54) is 17.3 Å². The molecule has 0 atom stereocenters. The van der Waals surface area contributed by atoms with Crippen molar-refractivity contribution in [3.63, 3.8) is 0 Å². The Morgan fingerprint density at radius 1 is 0.650 bits per heavy atom. The number of unbranched alkanes of at least 4 members (excludes halogenated alkanes) is 1. The van der Waals surface area contributed by atoms with Crippen LogP contribution in [0.25, 0.3) is 0 Å². The number of hydrogen-bond donors (Lipinski definition) is 0. The molecule has 1 saturated heterocycles. The molecule has 1 aliphatic heterocycles. The topological polar surface area (TPSA) is 36.9 Å². The van der Waals surface area contributed by atoms with Crippen LogP contribution in [0.1, 0.15) is 12.8 Å². The molecular formula is C11H29IO4Si4. The summed E-state index contributed by atoms with van der Waals surface area (Å²) in [5, 5.41) is 0. The first-order chi connectivity index (χ1) is 8.89. The molecule has 20 heavy (non-hydrogen) atoms. The van der Waals surface area contributed by atoms with Crippen molar-refractivity contribution in [3.8, 4) is 0 Å². The van der Waals surface area contributed by atoms with E-state index in [2.05, 4.69) is 68.4 Å². The fraction of sp³-hybridized carbons (Fsp3) is 1.00. The van der Waals surface area contributed by atoms with Gasteiger partial charge in [0.2, 0.25) is 0 Å². The maximum Gasteiger partial charge on any atom is 0.317 e. The Morgan fingerprint density at radius 2 is 1.05 bits per heavy atom. The second-order valence-electron chi connectivity index (χ2n) is 6.89. The molecule has 4 nitrogen and oxygen atoms in total. The smallest absolute Gasteiger partial charge is 0.317 e. The van der Waals surface area contributed by atoms with Crippen molar-refractivity contribution in [1.82, 2.24) is 0 Å². The molecule has 0 spiro atoms. The Kier molecular flexibility index (Phi) is 6.73. The summed E-state index contributed by atoms with van der Waals surface area (Å²) in [5.41, 5.74) is 0. The SMILES string of the molecule is C[Si]1(C)O[Si](C)(C)O[Si](C)(CCCCI)O[Si](C)(C)O1. The van der Waals surface area contributed by atoms with Gasteiger partial charge in [0, 0.05) is 0 Å². The lowest BCUT2D eigenvalue weighted by Crippen LogP contribution is -2.65. The predicted molar refractivity (Wildman–Crippen MR) is 101 cm³/mol. The lowest BCUT2D eigenvalue weighted by molar-refractivity contribution is 0.233. The third-order valence-corrected chi connectivity index (χ3v) is 20.2. The number of rotatable bonds is 4. The molecule has 0 aromatic heterocycles. The summed E-state index contributed by atoms with van der Waals surface area (Å²) >= 11 is 2.43. The number of halogens is 1. The summed E-state index contributed by atoms with van der Waals surface area (Å²) in [5.74, 6) is 0. The van der Waals surface area contributed by atoms with Gasteiger partial charge in [-0.15, -0.1) is 0 Å². The zero-order valence-electron chi connectivity index (χ0n) is 13.8. The fourth-order valence-electron chi connectivity index (χ4n) is 2.95. The van der Waals surface area contributed by atoms with Gasteiger partial charge in [-0.05, 0) is 62.7 Å². The van der Waals surface area contributed by atoms with Crippen molar-refractivity contribution in [3.05, 3.63) is 0 Å². The molecular weight excluding hydrogens is 435 g/mol. The second kappa shape index (κ2) is 6.91. The zero-order chi connectivity index (χ0) is 15.7. The quantitative estimate of drug-likeness (QED) is 0.266. The third kappa shape index (κ3) is 6.69. The summed E-state index contributed by atoms with van der Waals surface area (Å²) in [4.78, 5) is 0. The Bertz CT molecular complexity index is 316. The Balaban J connectivity index is 2.90. The second-order valence-corrected chi connectivity index (χ2v) is 22.4. The van der Waals surface area contributed by atoms with Crippen molar-refractivity contribution in [2.45, 2.75) is 64.7 Å². The Labute approximate surface area is 142 Å². The largest absolute Gasteiger partial charge is 0.416 e. The van der Waals surface area contributed by atoms with Crippen molar-refractivity contribution >= 4 is 56.8 Å². The predicted octanol–water partition coefficient (Wildman–Crippen LogP) is 4.46. The third-order valence-electron chi connectivity index (χ3n) is 2.92. The zero-order valence-corrected chi connectivity index (χ0v) is 20.0. The molecule has 9 heteroatoms. The van der Waals surface area contributed by atoms with Crippen molar-refractivity contribution in [2.24, 2.45) is 0 Å². The number of alkyl halides is 1. The maximum atomic E-state index is 6.50. The minimum absolute atomic E-state index is 1.04. The first-order valence-electron chi connectivity index (χ1n) is 7.25. The molecule has 0 saturated carbocycles. The molecule has 1 heterocycles. The molecule has 0 amide bonds. The molecule has 1 rings (SSSR count). The van der Waals surface area contributed by atoms with Crippen LogP contribution in [0, 0.1) is 0 Å². The maximum absolute atomic E-state index is 6.50. The van der Waals surface area contributed by atoms with Gasteiger partial charge in [-0.3, -0.25) is 0 Å². The van der Waals surface area contributed by atoms with Gasteiger partial charge < -0.3 is 16.5 Å². The van der Waals surface area contributed by atoms with Gasteiger partial charge >= 0.3 is 34.2 Å². The first-order valence-corrected chi connectivity index (χ1v) is 19.8. The molecule has 0 aromatic rings. The average molecular weight is 465 g/mol. The Hall–Kier alpha value is 1.44. The van der Waals surface area contributed by atoms with Crippen LogP contribution in [0.3, 0.4) is 0 Å². The Morgan fingerprint density at radius 3 is 1.45 bits per heavy atom. The van der Waals surface area contributed by atoms with E-state index in [0.717, 1.165) is 6.04 Å².